The number of nitrogens with zero attached hydrogens (tertiary/aromatic N) is 2. The summed E-state index contributed by atoms with van der Waals surface area (Å²) in [7, 11) is -2.04. The Bertz CT molecular complexity index is 1420. The highest BCUT2D eigenvalue weighted by Gasteiger charge is 2.49. The van der Waals surface area contributed by atoms with Gasteiger partial charge in [-0.15, -0.1) is 0 Å². The Morgan fingerprint density at radius 3 is 2.57 bits per heavy atom. The van der Waals surface area contributed by atoms with E-state index in [0.717, 1.165) is 29.5 Å². The molecule has 3 aromatic rings. The van der Waals surface area contributed by atoms with Gasteiger partial charge < -0.3 is 15.0 Å². The zero-order chi connectivity index (χ0) is 26.2. The number of carboxylic acids is 1. The summed E-state index contributed by atoms with van der Waals surface area (Å²) in [6.07, 6.45) is 5.51. The van der Waals surface area contributed by atoms with E-state index >= 15 is 0 Å². The van der Waals surface area contributed by atoms with Gasteiger partial charge in [-0.2, -0.15) is 0 Å². The Kier molecular flexibility index (Phi) is 6.87. The summed E-state index contributed by atoms with van der Waals surface area (Å²) < 4.78 is 29.5. The SMILES string of the molecule is Cn1cnc(S(=O)(=O)NCc2ccc3c(c2)C(Cc2ccccc2)C(NC(=O)[C@H]2C[C@H]2C(=O)O)CC3)c1. The Morgan fingerprint density at radius 1 is 1.11 bits per heavy atom. The lowest BCUT2D eigenvalue weighted by Gasteiger charge is -2.35. The van der Waals surface area contributed by atoms with Gasteiger partial charge in [0.2, 0.25) is 5.91 Å². The summed E-state index contributed by atoms with van der Waals surface area (Å²) in [4.78, 5) is 28.1. The zero-order valence-electron chi connectivity index (χ0n) is 20.5. The molecule has 5 rings (SSSR count). The van der Waals surface area contributed by atoms with Crippen LogP contribution in [0.3, 0.4) is 0 Å². The third kappa shape index (κ3) is 5.60. The Morgan fingerprint density at radius 2 is 1.89 bits per heavy atom. The summed E-state index contributed by atoms with van der Waals surface area (Å²) in [6.45, 7) is 0.115. The van der Waals surface area contributed by atoms with E-state index in [2.05, 4.69) is 27.2 Å². The molecule has 9 nitrogen and oxygen atoms in total. The minimum atomic E-state index is -3.75. The van der Waals surface area contributed by atoms with Gasteiger partial charge >= 0.3 is 5.97 Å². The Balaban J connectivity index is 1.38. The van der Waals surface area contributed by atoms with Crippen molar-refractivity contribution in [2.24, 2.45) is 18.9 Å². The molecule has 0 aliphatic heterocycles. The number of nitrogens with one attached hydrogen (secondary N) is 2. The van der Waals surface area contributed by atoms with Crippen LogP contribution in [-0.4, -0.2) is 41.0 Å². The van der Waals surface area contributed by atoms with Crippen molar-refractivity contribution in [2.45, 2.75) is 49.2 Å². The number of hydrogen-bond acceptors (Lipinski definition) is 5. The lowest BCUT2D eigenvalue weighted by atomic mass is 9.75. The van der Waals surface area contributed by atoms with E-state index in [1.807, 2.05) is 36.4 Å². The molecule has 10 heteroatoms. The molecule has 2 aromatic carbocycles. The number of carbonyl (C=O) groups excluding carboxylic acids is 1. The molecule has 2 aliphatic rings. The van der Waals surface area contributed by atoms with Crippen molar-refractivity contribution < 1.29 is 23.1 Å². The molecule has 0 radical (unpaired) electrons. The van der Waals surface area contributed by atoms with Crippen LogP contribution in [0.5, 0.6) is 0 Å². The van der Waals surface area contributed by atoms with Gasteiger partial charge in [-0.3, -0.25) is 9.59 Å². The second-order valence-corrected chi connectivity index (χ2v) is 11.7. The fourth-order valence-corrected chi connectivity index (χ4v) is 6.17. The van der Waals surface area contributed by atoms with E-state index in [1.165, 1.54) is 18.1 Å². The van der Waals surface area contributed by atoms with Gasteiger partial charge in [0.05, 0.1) is 18.2 Å². The van der Waals surface area contributed by atoms with Gasteiger partial charge in [-0.25, -0.2) is 18.1 Å². The van der Waals surface area contributed by atoms with E-state index < -0.39 is 27.8 Å². The quantitative estimate of drug-likeness (QED) is 0.396. The van der Waals surface area contributed by atoms with Gasteiger partial charge in [-0.1, -0.05) is 48.5 Å². The molecule has 3 N–H and O–H groups in total. The molecule has 0 bridgehead atoms. The van der Waals surface area contributed by atoms with Gasteiger partial charge in [0.1, 0.15) is 0 Å². The van der Waals surface area contributed by atoms with E-state index in [9.17, 15) is 23.1 Å². The van der Waals surface area contributed by atoms with Crippen molar-refractivity contribution in [2.75, 3.05) is 0 Å². The van der Waals surface area contributed by atoms with Crippen molar-refractivity contribution in [1.29, 1.82) is 0 Å². The first kappa shape index (κ1) is 25.2. The molecule has 4 atom stereocenters. The van der Waals surface area contributed by atoms with Gasteiger partial charge in [0.15, 0.2) is 5.03 Å². The zero-order valence-corrected chi connectivity index (χ0v) is 21.3. The maximum absolute atomic E-state index is 12.9. The topological polar surface area (TPSA) is 130 Å². The average molecular weight is 523 g/mol. The van der Waals surface area contributed by atoms with Crippen molar-refractivity contribution >= 4 is 21.9 Å². The number of amides is 1. The predicted octanol–water partition coefficient (Wildman–Crippen LogP) is 2.38. The highest BCUT2D eigenvalue weighted by Crippen LogP contribution is 2.40. The molecular formula is C27H30N4O5S. The minimum absolute atomic E-state index is 0.0236. The first-order valence-electron chi connectivity index (χ1n) is 12.4. The van der Waals surface area contributed by atoms with Crippen LogP contribution in [0.25, 0.3) is 0 Å². The number of fused-ring (bicyclic) bond motifs is 1. The molecule has 1 heterocycles. The summed E-state index contributed by atoms with van der Waals surface area (Å²) in [6, 6.07) is 15.9. The van der Waals surface area contributed by atoms with Crippen molar-refractivity contribution in [1.82, 2.24) is 19.6 Å². The smallest absolute Gasteiger partial charge is 0.307 e. The van der Waals surface area contributed by atoms with E-state index in [0.29, 0.717) is 12.8 Å². The van der Waals surface area contributed by atoms with Crippen molar-refractivity contribution in [3.05, 3.63) is 83.3 Å². The predicted molar refractivity (Wildman–Crippen MR) is 136 cm³/mol. The van der Waals surface area contributed by atoms with Crippen LogP contribution in [0.4, 0.5) is 0 Å². The number of aryl methyl sites for hydroxylation is 2. The van der Waals surface area contributed by atoms with Crippen LogP contribution in [0.1, 0.15) is 41.0 Å². The number of hydrogen-bond donors (Lipinski definition) is 3. The lowest BCUT2D eigenvalue weighted by molar-refractivity contribution is -0.140. The molecule has 1 amide bonds. The van der Waals surface area contributed by atoms with Crippen LogP contribution in [0.2, 0.25) is 0 Å². The molecule has 37 heavy (non-hydrogen) atoms. The maximum Gasteiger partial charge on any atom is 0.307 e. The minimum Gasteiger partial charge on any atom is -0.481 e. The van der Waals surface area contributed by atoms with E-state index in [1.54, 1.807) is 11.6 Å². The lowest BCUT2D eigenvalue weighted by Crippen LogP contribution is -2.43. The van der Waals surface area contributed by atoms with Crippen LogP contribution in [-0.2, 0) is 46.0 Å². The number of imidazole rings is 1. The molecule has 2 aliphatic carbocycles. The molecule has 1 saturated carbocycles. The number of sulfonamides is 1. The second kappa shape index (κ2) is 10.1. The van der Waals surface area contributed by atoms with E-state index in [-0.39, 0.29) is 29.4 Å². The molecular weight excluding hydrogens is 492 g/mol. The third-order valence-corrected chi connectivity index (χ3v) is 8.60. The molecule has 0 saturated heterocycles. The first-order chi connectivity index (χ1) is 17.7. The average Bonchev–Trinajstić information content (AvgIpc) is 3.58. The summed E-state index contributed by atoms with van der Waals surface area (Å²) in [5, 5.41) is 12.4. The number of rotatable bonds is 9. The summed E-state index contributed by atoms with van der Waals surface area (Å²) >= 11 is 0. The highest BCUT2D eigenvalue weighted by atomic mass is 32.2. The number of aliphatic carboxylic acids is 1. The summed E-state index contributed by atoms with van der Waals surface area (Å²) in [5.74, 6) is -2.21. The van der Waals surface area contributed by atoms with Crippen molar-refractivity contribution in [3.63, 3.8) is 0 Å². The fourth-order valence-electron chi connectivity index (χ4n) is 5.18. The first-order valence-corrected chi connectivity index (χ1v) is 13.9. The molecule has 1 fully saturated rings. The molecule has 1 aromatic heterocycles. The van der Waals surface area contributed by atoms with Gasteiger partial charge in [0, 0.05) is 31.7 Å². The number of carbonyl (C=O) groups is 2. The Hall–Kier alpha value is -3.50. The molecule has 2 unspecified atom stereocenters. The second-order valence-electron chi connectivity index (χ2n) is 9.97. The van der Waals surface area contributed by atoms with Gasteiger partial charge in [-0.05, 0) is 47.9 Å². The number of carboxylic acid groups (broad SMARTS) is 1. The largest absolute Gasteiger partial charge is 0.481 e. The maximum atomic E-state index is 12.9. The Labute approximate surface area is 216 Å². The number of benzene rings is 2. The van der Waals surface area contributed by atoms with Crippen LogP contribution < -0.4 is 10.0 Å². The third-order valence-electron chi connectivity index (χ3n) is 7.31. The standard InChI is InChI=1S/C27H30N4O5S/c1-31-15-25(28-16-31)37(35,36)29-14-18-7-8-19-9-10-24(30-26(32)22-13-23(22)27(33)34)21(20(19)12-18)11-17-5-3-2-4-6-17/h2-8,12,15-16,21-24,29H,9-11,13-14H2,1H3,(H,30,32)(H,33,34)/t21?,22-,23+,24?/m0/s1. The van der Waals surface area contributed by atoms with Crippen LogP contribution in [0.15, 0.2) is 66.1 Å². The molecule has 194 valence electrons. The van der Waals surface area contributed by atoms with Crippen LogP contribution >= 0.6 is 0 Å². The van der Waals surface area contributed by atoms with Crippen LogP contribution in [0, 0.1) is 11.8 Å². The van der Waals surface area contributed by atoms with Crippen molar-refractivity contribution in [3.8, 4) is 0 Å². The van der Waals surface area contributed by atoms with Gasteiger partial charge in [0.25, 0.3) is 10.0 Å². The fraction of sp³-hybridized carbons (Fsp3) is 0.370. The summed E-state index contributed by atoms with van der Waals surface area (Å²) in [5.41, 5.74) is 4.21. The van der Waals surface area contributed by atoms with E-state index in [4.69, 9.17) is 0 Å². The molecule has 0 spiro atoms. The normalized spacial score (nSPS) is 22.7. The monoisotopic (exact) mass is 522 g/mol. The highest BCUT2D eigenvalue weighted by molar-refractivity contribution is 7.89. The number of aromatic nitrogens is 2.